The average Bonchev–Trinajstić information content (AvgIpc) is 3.13. The first-order valence-corrected chi connectivity index (χ1v) is 13.8. The Labute approximate surface area is 214 Å². The van der Waals surface area contributed by atoms with Crippen molar-refractivity contribution in [2.24, 2.45) is 17.8 Å². The predicted molar refractivity (Wildman–Crippen MR) is 140 cm³/mol. The number of allylic oxidation sites excluding steroid dienone is 2. The molecule has 4 atom stereocenters. The molecule has 0 unspecified atom stereocenters. The summed E-state index contributed by atoms with van der Waals surface area (Å²) in [6.07, 6.45) is 10.4. The van der Waals surface area contributed by atoms with E-state index < -0.39 is 7.12 Å². The van der Waals surface area contributed by atoms with E-state index in [4.69, 9.17) is 4.65 Å². The minimum absolute atomic E-state index is 0.00851. The standard InChI is InChI=1S/C29H38BNO5/c1-3-20-16-23-27(29(34)31(28(23)33)21-7-5-4-6-8-21)24-17-30(35)36-25(26(20)24)14-9-18(2)15-19-10-12-22(32)13-11-19/h10-13,15,21,23-25,27,32,35H,3-9,14,16-17H2,1-2H3/b18-15+/t23-,24+,25-,27-/m1/s1. The van der Waals surface area contributed by atoms with E-state index >= 15 is 0 Å². The molecule has 6 nitrogen and oxygen atoms in total. The van der Waals surface area contributed by atoms with Crippen LogP contribution >= 0.6 is 0 Å². The van der Waals surface area contributed by atoms with Gasteiger partial charge in [0.2, 0.25) is 11.8 Å². The lowest BCUT2D eigenvalue weighted by atomic mass is 9.58. The molecule has 192 valence electrons. The number of hydrogen-bond acceptors (Lipinski definition) is 5. The van der Waals surface area contributed by atoms with Gasteiger partial charge in [-0.2, -0.15) is 0 Å². The van der Waals surface area contributed by atoms with E-state index in [1.165, 1.54) is 23.1 Å². The first-order chi connectivity index (χ1) is 17.4. The highest BCUT2D eigenvalue weighted by atomic mass is 16.5. The van der Waals surface area contributed by atoms with E-state index in [9.17, 15) is 19.7 Å². The van der Waals surface area contributed by atoms with E-state index in [1.54, 1.807) is 17.0 Å². The fraction of sp³-hybridized carbons (Fsp3) is 0.586. The maximum atomic E-state index is 13.7. The number of nitrogens with zero attached hydrogens (tertiary/aromatic N) is 1. The van der Waals surface area contributed by atoms with Crippen molar-refractivity contribution in [3.05, 3.63) is 46.5 Å². The molecule has 2 aliphatic heterocycles. The number of likely N-dealkylation sites (tertiary alicyclic amines) is 1. The van der Waals surface area contributed by atoms with Crippen LogP contribution in [0.2, 0.25) is 6.32 Å². The molecule has 36 heavy (non-hydrogen) atoms. The lowest BCUT2D eigenvalue weighted by molar-refractivity contribution is -0.143. The number of benzene rings is 1. The van der Waals surface area contributed by atoms with E-state index in [0.29, 0.717) is 12.7 Å². The lowest BCUT2D eigenvalue weighted by Gasteiger charge is -2.43. The Morgan fingerprint density at radius 1 is 1.11 bits per heavy atom. The molecule has 2 heterocycles. The largest absolute Gasteiger partial charge is 0.508 e. The molecule has 5 rings (SSSR count). The van der Waals surface area contributed by atoms with Crippen LogP contribution in [0, 0.1) is 17.8 Å². The Morgan fingerprint density at radius 3 is 2.53 bits per heavy atom. The summed E-state index contributed by atoms with van der Waals surface area (Å²) in [5.74, 6) is -0.515. The molecule has 0 aromatic heterocycles. The van der Waals surface area contributed by atoms with Gasteiger partial charge < -0.3 is 14.8 Å². The molecular weight excluding hydrogens is 453 g/mol. The molecule has 2 N–H and O–H groups in total. The van der Waals surface area contributed by atoms with Crippen LogP contribution in [0.25, 0.3) is 6.08 Å². The van der Waals surface area contributed by atoms with Crippen molar-refractivity contribution in [1.29, 1.82) is 0 Å². The third-order valence-corrected chi connectivity index (χ3v) is 8.82. The summed E-state index contributed by atoms with van der Waals surface area (Å²) in [5.41, 5.74) is 4.63. The van der Waals surface area contributed by atoms with Crippen LogP contribution in [0.1, 0.15) is 77.2 Å². The van der Waals surface area contributed by atoms with Gasteiger partial charge in [-0.3, -0.25) is 14.5 Å². The number of phenolic OH excluding ortho intramolecular Hbond substituents is 1. The van der Waals surface area contributed by atoms with E-state index in [2.05, 4.69) is 19.9 Å². The summed E-state index contributed by atoms with van der Waals surface area (Å²) in [4.78, 5) is 28.9. The number of carbonyl (C=O) groups is 2. The van der Waals surface area contributed by atoms with Crippen molar-refractivity contribution in [2.75, 3.05) is 0 Å². The minimum Gasteiger partial charge on any atom is -0.508 e. The molecule has 0 bridgehead atoms. The summed E-state index contributed by atoms with van der Waals surface area (Å²) in [6.45, 7) is 4.20. The van der Waals surface area contributed by atoms with Crippen molar-refractivity contribution in [2.45, 2.75) is 90.1 Å². The fourth-order valence-electron chi connectivity index (χ4n) is 7.11. The number of amides is 2. The fourth-order valence-corrected chi connectivity index (χ4v) is 7.11. The summed E-state index contributed by atoms with van der Waals surface area (Å²) < 4.78 is 6.09. The smallest absolute Gasteiger partial charge is 0.455 e. The predicted octanol–water partition coefficient (Wildman–Crippen LogP) is 5.12. The Bertz CT molecular complexity index is 1060. The summed E-state index contributed by atoms with van der Waals surface area (Å²) >= 11 is 0. The second-order valence-corrected chi connectivity index (χ2v) is 11.1. The topological polar surface area (TPSA) is 87.1 Å². The van der Waals surface area contributed by atoms with Gasteiger partial charge in [0.05, 0.1) is 17.9 Å². The summed E-state index contributed by atoms with van der Waals surface area (Å²) in [5, 5.41) is 20.2. The van der Waals surface area contributed by atoms with Crippen LogP contribution in [0.4, 0.5) is 0 Å². The SMILES string of the molecule is CCC1=C2[C@@H](CC/C(C)=C/c3ccc(O)cc3)OB(O)C[C@@H]2[C@@H]2C(=O)N(C3CCCCC3)C(=O)[C@@H]2C1. The molecule has 0 spiro atoms. The van der Waals surface area contributed by atoms with Crippen LogP contribution in [0.15, 0.2) is 41.0 Å². The van der Waals surface area contributed by atoms with Gasteiger partial charge in [-0.1, -0.05) is 55.5 Å². The molecular formula is C29H38BNO5. The first kappa shape index (κ1) is 25.3. The van der Waals surface area contributed by atoms with Crippen molar-refractivity contribution >= 4 is 25.0 Å². The third kappa shape index (κ3) is 4.80. The van der Waals surface area contributed by atoms with Gasteiger partial charge in [0.25, 0.3) is 0 Å². The van der Waals surface area contributed by atoms with Gasteiger partial charge >= 0.3 is 7.12 Å². The second kappa shape index (κ2) is 10.5. The third-order valence-electron chi connectivity index (χ3n) is 8.82. The van der Waals surface area contributed by atoms with Gasteiger partial charge in [0.1, 0.15) is 5.75 Å². The molecule has 1 aromatic rings. The van der Waals surface area contributed by atoms with Crippen LogP contribution in [-0.2, 0) is 14.2 Å². The van der Waals surface area contributed by atoms with E-state index in [-0.39, 0.29) is 47.5 Å². The Balaban J connectivity index is 1.37. The van der Waals surface area contributed by atoms with Gasteiger partial charge in [-0.15, -0.1) is 0 Å². The van der Waals surface area contributed by atoms with Crippen molar-refractivity contribution in [3.63, 3.8) is 0 Å². The molecule has 7 heteroatoms. The number of imide groups is 1. The zero-order chi connectivity index (χ0) is 25.4. The number of phenols is 1. The molecule has 1 saturated carbocycles. The molecule has 2 amide bonds. The number of fused-ring (bicyclic) bond motifs is 3. The van der Waals surface area contributed by atoms with Crippen molar-refractivity contribution in [3.8, 4) is 5.75 Å². The number of aromatic hydroxyl groups is 1. The van der Waals surface area contributed by atoms with E-state index in [0.717, 1.165) is 50.5 Å². The minimum atomic E-state index is -0.923. The molecule has 0 radical (unpaired) electrons. The van der Waals surface area contributed by atoms with Gasteiger partial charge in [-0.25, -0.2) is 0 Å². The molecule has 3 fully saturated rings. The van der Waals surface area contributed by atoms with Crippen LogP contribution in [-0.4, -0.2) is 46.1 Å². The highest BCUT2D eigenvalue weighted by Crippen LogP contribution is 2.52. The van der Waals surface area contributed by atoms with E-state index in [1.807, 2.05) is 12.1 Å². The molecule has 4 aliphatic rings. The van der Waals surface area contributed by atoms with Crippen LogP contribution in [0.5, 0.6) is 5.75 Å². The Morgan fingerprint density at radius 2 is 1.83 bits per heavy atom. The number of hydrogen-bond donors (Lipinski definition) is 2. The number of carbonyl (C=O) groups excluding carboxylic acids is 2. The van der Waals surface area contributed by atoms with Crippen LogP contribution < -0.4 is 0 Å². The maximum absolute atomic E-state index is 13.7. The molecule has 1 aromatic carbocycles. The average molecular weight is 491 g/mol. The van der Waals surface area contributed by atoms with Gasteiger partial charge in [-0.05, 0) is 81.0 Å². The van der Waals surface area contributed by atoms with Crippen LogP contribution in [0.3, 0.4) is 0 Å². The maximum Gasteiger partial charge on any atom is 0.455 e. The molecule has 2 aliphatic carbocycles. The van der Waals surface area contributed by atoms with Gasteiger partial charge in [0, 0.05) is 6.04 Å². The highest BCUT2D eigenvalue weighted by Gasteiger charge is 2.58. The highest BCUT2D eigenvalue weighted by molar-refractivity contribution is 6.43. The first-order valence-electron chi connectivity index (χ1n) is 13.8. The zero-order valence-electron chi connectivity index (χ0n) is 21.5. The Kier molecular flexibility index (Phi) is 7.41. The van der Waals surface area contributed by atoms with Crippen molar-refractivity contribution < 1.29 is 24.4 Å². The normalized spacial score (nSPS) is 29.6. The quantitative estimate of drug-likeness (QED) is 0.328. The summed E-state index contributed by atoms with van der Waals surface area (Å²) in [6, 6.07) is 7.17. The Hall–Kier alpha value is -2.38. The molecule has 2 saturated heterocycles. The summed E-state index contributed by atoms with van der Waals surface area (Å²) in [7, 11) is -0.923. The lowest BCUT2D eigenvalue weighted by Crippen LogP contribution is -2.46. The zero-order valence-corrected chi connectivity index (χ0v) is 21.5. The van der Waals surface area contributed by atoms with Gasteiger partial charge in [0.15, 0.2) is 0 Å². The second-order valence-electron chi connectivity index (χ2n) is 11.1. The monoisotopic (exact) mass is 491 g/mol. The van der Waals surface area contributed by atoms with Crippen molar-refractivity contribution in [1.82, 2.24) is 4.90 Å². The number of rotatable bonds is 6.